The number of benzene rings is 2. The Balaban J connectivity index is 1.62. The Morgan fingerprint density at radius 2 is 1.93 bits per heavy atom. The standard InChI is InChI=1S/C20H16F2N4O3/c1-29-18-7-13(5-6-14(18)12-8-23-24-9-12)25-11-19(27)26(20(25)28)10-15-16(21)3-2-4-17(15)22/h2-9H,10-11H2,1H3,(H,23,24). The molecule has 1 aromatic heterocycles. The Hall–Kier alpha value is -3.75. The number of nitrogens with one attached hydrogen (secondary N) is 1. The van der Waals surface area contributed by atoms with Gasteiger partial charge in [-0.1, -0.05) is 6.07 Å². The Labute approximate surface area is 164 Å². The quantitative estimate of drug-likeness (QED) is 0.669. The predicted octanol–water partition coefficient (Wildman–Crippen LogP) is 3.33. The number of hydrogen-bond donors (Lipinski definition) is 1. The Morgan fingerprint density at radius 3 is 2.59 bits per heavy atom. The van der Waals surface area contributed by atoms with Gasteiger partial charge in [0.1, 0.15) is 23.9 Å². The summed E-state index contributed by atoms with van der Waals surface area (Å²) in [5, 5.41) is 6.62. The van der Waals surface area contributed by atoms with Gasteiger partial charge in [-0.05, 0) is 24.3 Å². The number of amides is 3. The Morgan fingerprint density at radius 1 is 1.17 bits per heavy atom. The van der Waals surface area contributed by atoms with Gasteiger partial charge in [-0.2, -0.15) is 5.10 Å². The third kappa shape index (κ3) is 3.31. The summed E-state index contributed by atoms with van der Waals surface area (Å²) in [4.78, 5) is 27.2. The Bertz CT molecular complexity index is 1070. The van der Waals surface area contributed by atoms with Gasteiger partial charge < -0.3 is 4.74 Å². The van der Waals surface area contributed by atoms with E-state index >= 15 is 0 Å². The van der Waals surface area contributed by atoms with Crippen LogP contribution in [0.1, 0.15) is 5.56 Å². The molecule has 29 heavy (non-hydrogen) atoms. The van der Waals surface area contributed by atoms with Crippen LogP contribution in [0.3, 0.4) is 0 Å². The summed E-state index contributed by atoms with van der Waals surface area (Å²) in [6.07, 6.45) is 3.33. The van der Waals surface area contributed by atoms with Crippen molar-refractivity contribution in [1.82, 2.24) is 15.1 Å². The first-order chi connectivity index (χ1) is 14.0. The van der Waals surface area contributed by atoms with Gasteiger partial charge in [0.25, 0.3) is 5.91 Å². The summed E-state index contributed by atoms with van der Waals surface area (Å²) in [7, 11) is 1.49. The molecule has 9 heteroatoms. The van der Waals surface area contributed by atoms with Crippen molar-refractivity contribution in [3.8, 4) is 16.9 Å². The first kappa shape index (κ1) is 18.6. The van der Waals surface area contributed by atoms with Crippen molar-refractivity contribution in [2.75, 3.05) is 18.6 Å². The van der Waals surface area contributed by atoms with Crippen LogP contribution in [-0.2, 0) is 11.3 Å². The Kier molecular flexibility index (Phi) is 4.71. The van der Waals surface area contributed by atoms with Gasteiger partial charge in [-0.25, -0.2) is 13.6 Å². The number of rotatable bonds is 5. The van der Waals surface area contributed by atoms with Crippen molar-refractivity contribution in [3.63, 3.8) is 0 Å². The zero-order valence-corrected chi connectivity index (χ0v) is 15.4. The third-order valence-electron chi connectivity index (χ3n) is 4.74. The second kappa shape index (κ2) is 7.34. The van der Waals surface area contributed by atoms with Crippen molar-refractivity contribution in [1.29, 1.82) is 0 Å². The minimum atomic E-state index is -0.810. The number of aromatic amines is 1. The highest BCUT2D eigenvalue weighted by atomic mass is 19.1. The van der Waals surface area contributed by atoms with Crippen LogP contribution < -0.4 is 9.64 Å². The van der Waals surface area contributed by atoms with Crippen LogP contribution in [0.15, 0.2) is 48.8 Å². The molecule has 1 saturated heterocycles. The molecule has 0 saturated carbocycles. The molecule has 1 aliphatic rings. The lowest BCUT2D eigenvalue weighted by Gasteiger charge is -2.19. The molecule has 0 unspecified atom stereocenters. The molecule has 2 aromatic carbocycles. The highest BCUT2D eigenvalue weighted by Gasteiger charge is 2.38. The van der Waals surface area contributed by atoms with Crippen LogP contribution in [0.2, 0.25) is 0 Å². The van der Waals surface area contributed by atoms with Gasteiger partial charge in [-0.15, -0.1) is 0 Å². The molecule has 2 heterocycles. The number of anilines is 1. The summed E-state index contributed by atoms with van der Waals surface area (Å²) in [6.45, 7) is -0.708. The lowest BCUT2D eigenvalue weighted by molar-refractivity contribution is -0.125. The number of carbonyl (C=O) groups excluding carboxylic acids is 2. The van der Waals surface area contributed by atoms with Crippen molar-refractivity contribution < 1.29 is 23.1 Å². The molecular formula is C20H16F2N4O3. The zero-order chi connectivity index (χ0) is 20.5. The SMILES string of the molecule is COc1cc(N2CC(=O)N(Cc3c(F)cccc3F)C2=O)ccc1-c1cn[nH]c1. The number of nitrogens with zero attached hydrogens (tertiary/aromatic N) is 3. The van der Waals surface area contributed by atoms with E-state index in [1.165, 1.54) is 18.1 Å². The van der Waals surface area contributed by atoms with Gasteiger partial charge in [0.05, 0.1) is 19.9 Å². The molecule has 0 bridgehead atoms. The van der Waals surface area contributed by atoms with E-state index in [-0.39, 0.29) is 12.1 Å². The lowest BCUT2D eigenvalue weighted by atomic mass is 10.1. The summed E-state index contributed by atoms with van der Waals surface area (Å²) < 4.78 is 33.3. The van der Waals surface area contributed by atoms with Crippen LogP contribution >= 0.6 is 0 Å². The number of urea groups is 1. The lowest BCUT2D eigenvalue weighted by Crippen LogP contribution is -2.33. The minimum Gasteiger partial charge on any atom is -0.496 e. The topological polar surface area (TPSA) is 78.5 Å². The van der Waals surface area contributed by atoms with Gasteiger partial charge >= 0.3 is 6.03 Å². The van der Waals surface area contributed by atoms with E-state index in [1.807, 2.05) is 0 Å². The third-order valence-corrected chi connectivity index (χ3v) is 4.74. The molecule has 0 radical (unpaired) electrons. The molecule has 1 fully saturated rings. The van der Waals surface area contributed by atoms with Crippen molar-refractivity contribution in [3.05, 3.63) is 66.0 Å². The summed E-state index contributed by atoms with van der Waals surface area (Å²) in [5.41, 5.74) is 1.66. The van der Waals surface area contributed by atoms with Crippen LogP contribution in [0.25, 0.3) is 11.1 Å². The highest BCUT2D eigenvalue weighted by Crippen LogP contribution is 2.34. The number of aromatic nitrogens is 2. The number of imide groups is 1. The largest absolute Gasteiger partial charge is 0.496 e. The molecule has 1 N–H and O–H groups in total. The fourth-order valence-electron chi connectivity index (χ4n) is 3.22. The number of H-pyrrole nitrogens is 1. The van der Waals surface area contributed by atoms with E-state index < -0.39 is 30.1 Å². The van der Waals surface area contributed by atoms with Crippen molar-refractivity contribution in [2.24, 2.45) is 0 Å². The van der Waals surface area contributed by atoms with Crippen LogP contribution in [0.4, 0.5) is 19.3 Å². The molecule has 0 atom stereocenters. The van der Waals surface area contributed by atoms with Crippen LogP contribution in [-0.4, -0.2) is 40.7 Å². The second-order valence-electron chi connectivity index (χ2n) is 6.42. The van der Waals surface area contributed by atoms with E-state index in [0.717, 1.165) is 28.2 Å². The average Bonchev–Trinajstić information content (AvgIpc) is 3.34. The number of carbonyl (C=O) groups is 2. The second-order valence-corrected chi connectivity index (χ2v) is 6.42. The van der Waals surface area contributed by atoms with Crippen LogP contribution in [0.5, 0.6) is 5.75 Å². The van der Waals surface area contributed by atoms with E-state index in [2.05, 4.69) is 10.2 Å². The summed E-state index contributed by atoms with van der Waals surface area (Å²) in [5.74, 6) is -1.68. The van der Waals surface area contributed by atoms with E-state index in [1.54, 1.807) is 30.6 Å². The number of ether oxygens (including phenoxy) is 1. The first-order valence-corrected chi connectivity index (χ1v) is 8.71. The number of halogens is 2. The van der Waals surface area contributed by atoms with Gasteiger partial charge in [0.15, 0.2) is 0 Å². The maximum absolute atomic E-state index is 13.9. The van der Waals surface area contributed by atoms with E-state index in [4.69, 9.17) is 4.74 Å². The summed E-state index contributed by atoms with van der Waals surface area (Å²) >= 11 is 0. The molecule has 4 rings (SSSR count). The molecule has 148 valence electrons. The van der Waals surface area contributed by atoms with E-state index in [9.17, 15) is 18.4 Å². The molecular weight excluding hydrogens is 382 g/mol. The molecule has 3 amide bonds. The zero-order valence-electron chi connectivity index (χ0n) is 15.4. The maximum atomic E-state index is 13.9. The molecule has 1 aliphatic heterocycles. The fraction of sp³-hybridized carbons (Fsp3) is 0.150. The molecule has 0 aliphatic carbocycles. The minimum absolute atomic E-state index is 0.233. The predicted molar refractivity (Wildman–Crippen MR) is 100 cm³/mol. The summed E-state index contributed by atoms with van der Waals surface area (Å²) in [6, 6.07) is 7.78. The first-order valence-electron chi connectivity index (χ1n) is 8.71. The smallest absolute Gasteiger partial charge is 0.332 e. The van der Waals surface area contributed by atoms with Crippen molar-refractivity contribution in [2.45, 2.75) is 6.54 Å². The number of methoxy groups -OCH3 is 1. The van der Waals surface area contributed by atoms with E-state index in [0.29, 0.717) is 11.4 Å². The number of hydrogen-bond acceptors (Lipinski definition) is 4. The molecule has 7 nitrogen and oxygen atoms in total. The van der Waals surface area contributed by atoms with Gasteiger partial charge in [-0.3, -0.25) is 19.7 Å². The highest BCUT2D eigenvalue weighted by molar-refractivity contribution is 6.12. The molecule has 0 spiro atoms. The molecule has 3 aromatic rings. The van der Waals surface area contributed by atoms with Crippen molar-refractivity contribution >= 4 is 17.6 Å². The monoisotopic (exact) mass is 398 g/mol. The normalized spacial score (nSPS) is 14.0. The van der Waals surface area contributed by atoms with Gasteiger partial charge in [0.2, 0.25) is 0 Å². The average molecular weight is 398 g/mol. The fourth-order valence-corrected chi connectivity index (χ4v) is 3.22. The van der Waals surface area contributed by atoms with Crippen LogP contribution in [0, 0.1) is 11.6 Å². The van der Waals surface area contributed by atoms with Gasteiger partial charge in [0, 0.05) is 34.6 Å². The maximum Gasteiger partial charge on any atom is 0.332 e.